The number of carbonyl (C=O) groups is 2. The second-order valence-electron chi connectivity index (χ2n) is 4.82. The SMILES string of the molecule is CCN(CC)C(=O)CNC(=O)C1CCCC1CN. The van der Waals surface area contributed by atoms with Crippen molar-refractivity contribution in [3.05, 3.63) is 0 Å². The van der Waals surface area contributed by atoms with Crippen LogP contribution in [0.3, 0.4) is 0 Å². The monoisotopic (exact) mass is 255 g/mol. The Morgan fingerprint density at radius 1 is 1.28 bits per heavy atom. The van der Waals surface area contributed by atoms with Gasteiger partial charge in [0.15, 0.2) is 0 Å². The third kappa shape index (κ3) is 3.70. The van der Waals surface area contributed by atoms with E-state index in [1.54, 1.807) is 4.90 Å². The Bertz CT molecular complexity index is 290. The first-order valence-electron chi connectivity index (χ1n) is 6.89. The lowest BCUT2D eigenvalue weighted by atomic mass is 9.95. The topological polar surface area (TPSA) is 75.4 Å². The van der Waals surface area contributed by atoms with Gasteiger partial charge in [0.25, 0.3) is 0 Å². The summed E-state index contributed by atoms with van der Waals surface area (Å²) in [5, 5.41) is 2.75. The van der Waals surface area contributed by atoms with Crippen molar-refractivity contribution in [3.8, 4) is 0 Å². The van der Waals surface area contributed by atoms with Gasteiger partial charge >= 0.3 is 0 Å². The molecule has 5 heteroatoms. The Labute approximate surface area is 109 Å². The molecule has 1 rings (SSSR count). The number of nitrogens with zero attached hydrogens (tertiary/aromatic N) is 1. The van der Waals surface area contributed by atoms with Crippen molar-refractivity contribution in [1.29, 1.82) is 0 Å². The average molecular weight is 255 g/mol. The molecule has 1 aliphatic carbocycles. The number of amides is 2. The molecular formula is C13H25N3O2. The fourth-order valence-corrected chi connectivity index (χ4v) is 2.65. The van der Waals surface area contributed by atoms with Crippen molar-refractivity contribution in [3.63, 3.8) is 0 Å². The zero-order valence-electron chi connectivity index (χ0n) is 11.4. The third-order valence-electron chi connectivity index (χ3n) is 3.83. The molecule has 2 atom stereocenters. The van der Waals surface area contributed by atoms with Crippen LogP contribution in [0.5, 0.6) is 0 Å². The smallest absolute Gasteiger partial charge is 0.241 e. The van der Waals surface area contributed by atoms with Gasteiger partial charge in [0.1, 0.15) is 0 Å². The van der Waals surface area contributed by atoms with E-state index in [2.05, 4.69) is 5.32 Å². The van der Waals surface area contributed by atoms with Crippen LogP contribution in [0.1, 0.15) is 33.1 Å². The van der Waals surface area contributed by atoms with E-state index in [4.69, 9.17) is 5.73 Å². The zero-order chi connectivity index (χ0) is 13.5. The molecule has 0 radical (unpaired) electrons. The van der Waals surface area contributed by atoms with E-state index < -0.39 is 0 Å². The molecule has 0 bridgehead atoms. The van der Waals surface area contributed by atoms with Crippen LogP contribution in [0.25, 0.3) is 0 Å². The molecular weight excluding hydrogens is 230 g/mol. The summed E-state index contributed by atoms with van der Waals surface area (Å²) in [6.07, 6.45) is 2.98. The van der Waals surface area contributed by atoms with Crippen LogP contribution >= 0.6 is 0 Å². The average Bonchev–Trinajstić information content (AvgIpc) is 2.85. The molecule has 104 valence electrons. The maximum Gasteiger partial charge on any atom is 0.241 e. The van der Waals surface area contributed by atoms with E-state index in [1.165, 1.54) is 0 Å². The fraction of sp³-hybridized carbons (Fsp3) is 0.846. The third-order valence-corrected chi connectivity index (χ3v) is 3.83. The summed E-state index contributed by atoms with van der Waals surface area (Å²) in [6.45, 7) is 5.89. The lowest BCUT2D eigenvalue weighted by Gasteiger charge is -2.21. The van der Waals surface area contributed by atoms with Crippen molar-refractivity contribution in [1.82, 2.24) is 10.2 Å². The number of nitrogens with one attached hydrogen (secondary N) is 1. The van der Waals surface area contributed by atoms with Gasteiger partial charge < -0.3 is 16.0 Å². The number of nitrogens with two attached hydrogens (primary N) is 1. The highest BCUT2D eigenvalue weighted by Crippen LogP contribution is 2.30. The van der Waals surface area contributed by atoms with E-state index >= 15 is 0 Å². The largest absolute Gasteiger partial charge is 0.347 e. The number of hydrogen-bond acceptors (Lipinski definition) is 3. The van der Waals surface area contributed by atoms with Crippen LogP contribution in [0.2, 0.25) is 0 Å². The molecule has 1 fully saturated rings. The van der Waals surface area contributed by atoms with Crippen LogP contribution in [-0.4, -0.2) is 42.9 Å². The minimum absolute atomic E-state index is 0.000460. The van der Waals surface area contributed by atoms with Gasteiger partial charge in [-0.3, -0.25) is 9.59 Å². The zero-order valence-corrected chi connectivity index (χ0v) is 11.4. The number of carbonyl (C=O) groups excluding carboxylic acids is 2. The summed E-state index contributed by atoms with van der Waals surface area (Å²) in [5.74, 6) is 0.257. The molecule has 1 aliphatic rings. The molecule has 1 saturated carbocycles. The van der Waals surface area contributed by atoms with Gasteiger partial charge in [0.05, 0.1) is 6.54 Å². The molecule has 0 aromatic carbocycles. The highest BCUT2D eigenvalue weighted by atomic mass is 16.2. The van der Waals surface area contributed by atoms with Gasteiger partial charge in [-0.25, -0.2) is 0 Å². The predicted molar refractivity (Wildman–Crippen MR) is 70.8 cm³/mol. The van der Waals surface area contributed by atoms with E-state index in [1.807, 2.05) is 13.8 Å². The van der Waals surface area contributed by atoms with Crippen molar-refractivity contribution >= 4 is 11.8 Å². The van der Waals surface area contributed by atoms with Gasteiger partial charge in [0, 0.05) is 19.0 Å². The maximum atomic E-state index is 12.0. The van der Waals surface area contributed by atoms with Gasteiger partial charge in [-0.1, -0.05) is 6.42 Å². The van der Waals surface area contributed by atoms with Crippen LogP contribution in [0.15, 0.2) is 0 Å². The van der Waals surface area contributed by atoms with Crippen LogP contribution in [-0.2, 0) is 9.59 Å². The van der Waals surface area contributed by atoms with Crippen molar-refractivity contribution in [2.45, 2.75) is 33.1 Å². The standard InChI is InChI=1S/C13H25N3O2/c1-3-16(4-2)12(17)9-15-13(18)11-7-5-6-10(11)8-14/h10-11H,3-9,14H2,1-2H3,(H,15,18). The summed E-state index contributed by atoms with van der Waals surface area (Å²) < 4.78 is 0. The summed E-state index contributed by atoms with van der Waals surface area (Å²) >= 11 is 0. The molecule has 0 aromatic rings. The predicted octanol–water partition coefficient (Wildman–Crippen LogP) is 0.346. The number of hydrogen-bond donors (Lipinski definition) is 2. The molecule has 0 aliphatic heterocycles. The summed E-state index contributed by atoms with van der Waals surface area (Å²) in [6, 6.07) is 0. The summed E-state index contributed by atoms with van der Waals surface area (Å²) in [4.78, 5) is 25.5. The van der Waals surface area contributed by atoms with E-state index in [0.717, 1.165) is 19.3 Å². The van der Waals surface area contributed by atoms with Crippen molar-refractivity contribution in [2.75, 3.05) is 26.2 Å². The Kier molecular flexibility index (Phi) is 6.12. The number of likely N-dealkylation sites (N-methyl/N-ethyl adjacent to an activating group) is 1. The fourth-order valence-electron chi connectivity index (χ4n) is 2.65. The molecule has 0 heterocycles. The molecule has 2 amide bonds. The molecule has 0 spiro atoms. The normalized spacial score (nSPS) is 22.8. The quantitative estimate of drug-likeness (QED) is 0.719. The summed E-state index contributed by atoms with van der Waals surface area (Å²) in [7, 11) is 0. The van der Waals surface area contributed by atoms with E-state index in [9.17, 15) is 9.59 Å². The van der Waals surface area contributed by atoms with Crippen molar-refractivity contribution < 1.29 is 9.59 Å². The second-order valence-corrected chi connectivity index (χ2v) is 4.82. The first kappa shape index (κ1) is 15.0. The second kappa shape index (κ2) is 7.36. The highest BCUT2D eigenvalue weighted by Gasteiger charge is 2.31. The highest BCUT2D eigenvalue weighted by molar-refractivity contribution is 5.86. The molecule has 18 heavy (non-hydrogen) atoms. The molecule has 2 unspecified atom stereocenters. The number of rotatable bonds is 6. The maximum absolute atomic E-state index is 12.0. The molecule has 3 N–H and O–H groups in total. The Hall–Kier alpha value is -1.10. The van der Waals surface area contributed by atoms with E-state index in [0.29, 0.717) is 19.6 Å². The van der Waals surface area contributed by atoms with Gasteiger partial charge in [-0.15, -0.1) is 0 Å². The first-order chi connectivity index (χ1) is 8.63. The van der Waals surface area contributed by atoms with Gasteiger partial charge in [0.2, 0.25) is 11.8 Å². The lowest BCUT2D eigenvalue weighted by molar-refractivity contribution is -0.134. The van der Waals surface area contributed by atoms with Crippen LogP contribution < -0.4 is 11.1 Å². The van der Waals surface area contributed by atoms with Crippen LogP contribution in [0, 0.1) is 11.8 Å². The first-order valence-corrected chi connectivity index (χ1v) is 6.89. The summed E-state index contributed by atoms with van der Waals surface area (Å²) in [5.41, 5.74) is 5.65. The molecule has 0 aromatic heterocycles. The lowest BCUT2D eigenvalue weighted by Crippen LogP contribution is -2.43. The van der Waals surface area contributed by atoms with Gasteiger partial charge in [-0.2, -0.15) is 0 Å². The van der Waals surface area contributed by atoms with Crippen molar-refractivity contribution in [2.24, 2.45) is 17.6 Å². The van der Waals surface area contributed by atoms with Crippen LogP contribution in [0.4, 0.5) is 0 Å². The molecule has 5 nitrogen and oxygen atoms in total. The Morgan fingerprint density at radius 3 is 2.50 bits per heavy atom. The Balaban J connectivity index is 2.39. The van der Waals surface area contributed by atoms with Gasteiger partial charge in [-0.05, 0) is 39.2 Å². The molecule has 0 saturated heterocycles. The minimum Gasteiger partial charge on any atom is -0.347 e. The van der Waals surface area contributed by atoms with E-state index in [-0.39, 0.29) is 30.2 Å². The Morgan fingerprint density at radius 2 is 1.94 bits per heavy atom. The minimum atomic E-state index is -0.0179.